The Morgan fingerprint density at radius 3 is 2.37 bits per heavy atom. The van der Waals surface area contributed by atoms with Gasteiger partial charge in [0.05, 0.1) is 10.6 Å². The van der Waals surface area contributed by atoms with Crippen LogP contribution in [0.5, 0.6) is 5.75 Å². The van der Waals surface area contributed by atoms with Gasteiger partial charge in [-0.3, -0.25) is 4.79 Å². The Morgan fingerprint density at radius 2 is 1.89 bits per heavy atom. The minimum absolute atomic E-state index is 0.0404. The van der Waals surface area contributed by atoms with E-state index in [1.165, 1.54) is 14.1 Å². The normalized spacial score (nSPS) is 14.3. The molecule has 0 aromatic heterocycles. The van der Waals surface area contributed by atoms with Crippen LogP contribution in [0.3, 0.4) is 0 Å². The van der Waals surface area contributed by atoms with Crippen LogP contribution in [0.4, 0.5) is 4.39 Å². The van der Waals surface area contributed by atoms with Gasteiger partial charge < -0.3 is 4.74 Å². The van der Waals surface area contributed by atoms with Gasteiger partial charge >= 0.3 is 10.2 Å². The van der Waals surface area contributed by atoms with Crippen molar-refractivity contribution in [3.05, 3.63) is 28.5 Å². The average Bonchev–Trinajstić information content (AvgIpc) is 2.55. The molecule has 0 fully saturated rings. The van der Waals surface area contributed by atoms with Gasteiger partial charge in [0.2, 0.25) is 0 Å². The van der Waals surface area contributed by atoms with E-state index in [0.717, 1.165) is 29.3 Å². The van der Waals surface area contributed by atoms with Crippen molar-refractivity contribution in [2.45, 2.75) is 46.6 Å². The Morgan fingerprint density at radius 1 is 1.30 bits per heavy atom. The van der Waals surface area contributed by atoms with Crippen molar-refractivity contribution >= 4 is 27.7 Å². The molecule has 0 bridgehead atoms. The van der Waals surface area contributed by atoms with Crippen molar-refractivity contribution in [1.29, 1.82) is 0 Å². The molecule has 1 rings (SSSR count). The van der Waals surface area contributed by atoms with Crippen LogP contribution in [0.2, 0.25) is 5.02 Å². The van der Waals surface area contributed by atoms with Gasteiger partial charge in [-0.15, -0.1) is 0 Å². The Kier molecular flexibility index (Phi) is 8.50. The second-order valence-corrected chi connectivity index (χ2v) is 9.42. The van der Waals surface area contributed by atoms with E-state index in [9.17, 15) is 17.6 Å². The molecule has 1 aromatic rings. The molecule has 6 nitrogen and oxygen atoms in total. The summed E-state index contributed by atoms with van der Waals surface area (Å²) in [5, 5.41) is 0.0404. The molecule has 0 unspecified atom stereocenters. The lowest BCUT2D eigenvalue weighted by atomic mass is 9.94. The molecule has 0 spiro atoms. The summed E-state index contributed by atoms with van der Waals surface area (Å²) in [6, 6.07) is 2.10. The second kappa shape index (κ2) is 9.71. The van der Waals surface area contributed by atoms with E-state index in [2.05, 4.69) is 13.8 Å². The predicted octanol–water partition coefficient (Wildman–Crippen LogP) is 3.85. The van der Waals surface area contributed by atoms with Crippen molar-refractivity contribution in [1.82, 2.24) is 9.03 Å². The van der Waals surface area contributed by atoms with E-state index in [0.29, 0.717) is 5.92 Å². The van der Waals surface area contributed by atoms with E-state index in [1.807, 2.05) is 13.8 Å². The Labute approximate surface area is 166 Å². The number of amides is 1. The van der Waals surface area contributed by atoms with E-state index < -0.39 is 27.5 Å². The molecule has 154 valence electrons. The minimum atomic E-state index is -4.04. The number of nitrogens with one attached hydrogen (secondary N) is 1. The fraction of sp³-hybridized carbons (Fsp3) is 0.611. The molecule has 0 saturated carbocycles. The molecule has 1 N–H and O–H groups in total. The van der Waals surface area contributed by atoms with Gasteiger partial charge in [-0.1, -0.05) is 45.7 Å². The summed E-state index contributed by atoms with van der Waals surface area (Å²) < 4.78 is 46.4. The molecule has 1 amide bonds. The zero-order valence-electron chi connectivity index (χ0n) is 16.5. The first-order valence-electron chi connectivity index (χ1n) is 8.79. The first kappa shape index (κ1) is 23.7. The maximum absolute atomic E-state index is 14.4. The number of halogens is 2. The van der Waals surface area contributed by atoms with Crippen LogP contribution < -0.4 is 9.46 Å². The number of hydrogen-bond acceptors (Lipinski definition) is 4. The molecular weight excluding hydrogens is 395 g/mol. The SMILES string of the molecule is CC[C@H](C)C[C@@H](Oc1cc(F)c(C(=O)NS(=O)(=O)N(C)C)cc1Cl)C(C)C. The van der Waals surface area contributed by atoms with Crippen molar-refractivity contribution in [3.63, 3.8) is 0 Å². The van der Waals surface area contributed by atoms with Crippen LogP contribution in [-0.2, 0) is 10.2 Å². The summed E-state index contributed by atoms with van der Waals surface area (Å²) in [6.07, 6.45) is 1.62. The largest absolute Gasteiger partial charge is 0.488 e. The molecule has 0 heterocycles. The van der Waals surface area contributed by atoms with Crippen molar-refractivity contribution in [2.75, 3.05) is 14.1 Å². The number of carbonyl (C=O) groups excluding carboxylic acids is 1. The molecule has 0 saturated heterocycles. The molecule has 9 heteroatoms. The Hall–Kier alpha value is -1.38. The molecule has 0 aliphatic heterocycles. The van der Waals surface area contributed by atoms with Gasteiger partial charge in [0.15, 0.2) is 0 Å². The Bertz CT molecular complexity index is 769. The number of ether oxygens (including phenoxy) is 1. The highest BCUT2D eigenvalue weighted by molar-refractivity contribution is 7.87. The van der Waals surface area contributed by atoms with E-state index in [1.54, 1.807) is 4.72 Å². The smallest absolute Gasteiger partial charge is 0.303 e. The molecule has 2 atom stereocenters. The van der Waals surface area contributed by atoms with E-state index in [-0.39, 0.29) is 22.8 Å². The lowest BCUT2D eigenvalue weighted by Gasteiger charge is -2.26. The number of nitrogens with zero attached hydrogens (tertiary/aromatic N) is 1. The van der Waals surface area contributed by atoms with E-state index >= 15 is 0 Å². The van der Waals surface area contributed by atoms with Crippen LogP contribution >= 0.6 is 11.6 Å². The summed E-state index contributed by atoms with van der Waals surface area (Å²) in [6.45, 7) is 8.21. The van der Waals surface area contributed by atoms with Crippen LogP contribution in [0, 0.1) is 17.7 Å². The number of hydrogen-bond donors (Lipinski definition) is 1. The third kappa shape index (κ3) is 6.62. The monoisotopic (exact) mass is 422 g/mol. The standard InChI is InChI=1S/C18H28ClFN2O4S/c1-7-12(4)8-16(11(2)3)26-17-10-15(20)13(9-14(17)19)18(23)21-27(24,25)22(5)6/h9-12,16H,7-8H2,1-6H3,(H,21,23)/t12-,16+/m0/s1. The third-order valence-electron chi connectivity index (χ3n) is 4.32. The van der Waals surface area contributed by atoms with E-state index in [4.69, 9.17) is 16.3 Å². The van der Waals surface area contributed by atoms with Gasteiger partial charge in [0.1, 0.15) is 17.7 Å². The molecule has 0 aliphatic carbocycles. The highest BCUT2D eigenvalue weighted by Crippen LogP contribution is 2.31. The van der Waals surface area contributed by atoms with Gasteiger partial charge in [0, 0.05) is 20.2 Å². The summed E-state index contributed by atoms with van der Waals surface area (Å²) >= 11 is 6.17. The maximum atomic E-state index is 14.4. The minimum Gasteiger partial charge on any atom is -0.488 e. The quantitative estimate of drug-likeness (QED) is 0.655. The van der Waals surface area contributed by atoms with Gasteiger partial charge in [0.25, 0.3) is 5.91 Å². The Balaban J connectivity index is 3.08. The molecule has 27 heavy (non-hydrogen) atoms. The van der Waals surface area contributed by atoms with Crippen LogP contribution in [0.15, 0.2) is 12.1 Å². The first-order valence-corrected chi connectivity index (χ1v) is 10.6. The zero-order valence-corrected chi connectivity index (χ0v) is 18.1. The third-order valence-corrected chi connectivity index (χ3v) is 6.02. The summed E-state index contributed by atoms with van der Waals surface area (Å²) in [7, 11) is -1.54. The zero-order chi connectivity index (χ0) is 20.9. The number of carbonyl (C=O) groups is 1. The molecular formula is C18H28ClFN2O4S. The van der Waals surface area contributed by atoms with Crippen molar-refractivity contribution < 1.29 is 22.3 Å². The van der Waals surface area contributed by atoms with Gasteiger partial charge in [-0.05, 0) is 24.3 Å². The average molecular weight is 423 g/mol. The second-order valence-electron chi connectivity index (χ2n) is 7.13. The highest BCUT2D eigenvalue weighted by Gasteiger charge is 2.24. The summed E-state index contributed by atoms with van der Waals surface area (Å²) in [4.78, 5) is 12.1. The topological polar surface area (TPSA) is 75.7 Å². The lowest BCUT2D eigenvalue weighted by Crippen LogP contribution is -2.39. The molecule has 0 radical (unpaired) electrons. The van der Waals surface area contributed by atoms with Gasteiger partial charge in [-0.2, -0.15) is 12.7 Å². The van der Waals surface area contributed by atoms with Crippen LogP contribution in [0.25, 0.3) is 0 Å². The maximum Gasteiger partial charge on any atom is 0.303 e. The van der Waals surface area contributed by atoms with Crippen molar-refractivity contribution in [2.24, 2.45) is 11.8 Å². The fourth-order valence-electron chi connectivity index (χ4n) is 2.24. The van der Waals surface area contributed by atoms with Crippen LogP contribution in [0.1, 0.15) is 50.9 Å². The predicted molar refractivity (Wildman–Crippen MR) is 105 cm³/mol. The summed E-state index contributed by atoms with van der Waals surface area (Å²) in [5.41, 5.74) is -0.471. The molecule has 1 aromatic carbocycles. The first-order chi connectivity index (χ1) is 12.4. The summed E-state index contributed by atoms with van der Waals surface area (Å²) in [5.74, 6) is -1.27. The fourth-order valence-corrected chi connectivity index (χ4v) is 2.97. The van der Waals surface area contributed by atoms with Crippen LogP contribution in [-0.4, -0.2) is 38.8 Å². The molecule has 0 aliphatic rings. The number of benzene rings is 1. The number of rotatable bonds is 9. The highest BCUT2D eigenvalue weighted by atomic mass is 35.5. The van der Waals surface area contributed by atoms with Gasteiger partial charge in [-0.25, -0.2) is 9.11 Å². The lowest BCUT2D eigenvalue weighted by molar-refractivity contribution is 0.0975. The van der Waals surface area contributed by atoms with Crippen molar-refractivity contribution in [3.8, 4) is 5.75 Å².